The summed E-state index contributed by atoms with van der Waals surface area (Å²) in [6, 6.07) is 0.543. The van der Waals surface area contributed by atoms with Crippen molar-refractivity contribution < 1.29 is 0 Å². The quantitative estimate of drug-likeness (QED) is 0.720. The number of nitrogens with zero attached hydrogens (tertiary/aromatic N) is 2. The Labute approximate surface area is 99.3 Å². The molecule has 0 aliphatic carbocycles. The van der Waals surface area contributed by atoms with E-state index in [1.165, 1.54) is 18.5 Å². The Balaban J connectivity index is 2.55. The van der Waals surface area contributed by atoms with Crippen molar-refractivity contribution in [2.75, 3.05) is 6.54 Å². The van der Waals surface area contributed by atoms with Crippen LogP contribution in [0.1, 0.15) is 52.3 Å². The van der Waals surface area contributed by atoms with Crippen LogP contribution >= 0.6 is 0 Å². The maximum absolute atomic E-state index is 4.25. The van der Waals surface area contributed by atoms with E-state index in [0.29, 0.717) is 6.04 Å². The largest absolute Gasteiger partial charge is 0.331 e. The molecule has 1 aromatic heterocycles. The maximum atomic E-state index is 4.25. The molecule has 0 spiro atoms. The van der Waals surface area contributed by atoms with Crippen LogP contribution in [0.4, 0.5) is 0 Å². The van der Waals surface area contributed by atoms with E-state index < -0.39 is 0 Å². The molecule has 1 rings (SSSR count). The molecule has 0 aliphatic heterocycles. The van der Waals surface area contributed by atoms with Crippen molar-refractivity contribution >= 4 is 0 Å². The van der Waals surface area contributed by atoms with Gasteiger partial charge in [-0.25, -0.2) is 4.98 Å². The molecule has 0 aliphatic rings. The molecule has 0 saturated carbocycles. The van der Waals surface area contributed by atoms with E-state index >= 15 is 0 Å². The zero-order valence-corrected chi connectivity index (χ0v) is 11.0. The van der Waals surface area contributed by atoms with E-state index in [4.69, 9.17) is 0 Å². The van der Waals surface area contributed by atoms with Gasteiger partial charge in [-0.3, -0.25) is 0 Å². The molecule has 0 aromatic carbocycles. The molecule has 0 fully saturated rings. The lowest BCUT2D eigenvalue weighted by molar-refractivity contribution is 0.415. The number of rotatable bonds is 7. The highest BCUT2D eigenvalue weighted by Gasteiger charge is 2.10. The van der Waals surface area contributed by atoms with Gasteiger partial charge in [0.25, 0.3) is 0 Å². The van der Waals surface area contributed by atoms with Gasteiger partial charge in [0.15, 0.2) is 0 Å². The zero-order valence-electron chi connectivity index (χ0n) is 11.0. The Morgan fingerprint density at radius 1 is 1.38 bits per heavy atom. The van der Waals surface area contributed by atoms with Gasteiger partial charge in [-0.05, 0) is 32.2 Å². The topological polar surface area (TPSA) is 29.9 Å². The number of hydrogen-bond donors (Lipinski definition) is 1. The fraction of sp³-hybridized carbons (Fsp3) is 0.769. The minimum absolute atomic E-state index is 0.543. The van der Waals surface area contributed by atoms with Gasteiger partial charge >= 0.3 is 0 Å². The molecule has 0 amide bonds. The molecule has 3 nitrogen and oxygen atoms in total. The Morgan fingerprint density at radius 2 is 2.12 bits per heavy atom. The first-order valence-corrected chi connectivity index (χ1v) is 6.36. The van der Waals surface area contributed by atoms with Crippen molar-refractivity contribution in [2.45, 2.75) is 53.1 Å². The Kier molecular flexibility index (Phi) is 5.53. The zero-order chi connectivity index (χ0) is 12.0. The van der Waals surface area contributed by atoms with Gasteiger partial charge in [0.2, 0.25) is 0 Å². The molecule has 0 saturated heterocycles. The highest BCUT2D eigenvalue weighted by atomic mass is 15.1. The summed E-state index contributed by atoms with van der Waals surface area (Å²) in [7, 11) is 0. The molecule has 0 radical (unpaired) electrons. The molecular formula is C13H25N3. The summed E-state index contributed by atoms with van der Waals surface area (Å²) < 4.78 is 2.29. The van der Waals surface area contributed by atoms with E-state index in [1.807, 2.05) is 12.5 Å². The Morgan fingerprint density at radius 3 is 2.75 bits per heavy atom. The predicted octanol–water partition coefficient (Wildman–Crippen LogP) is 2.99. The second-order valence-corrected chi connectivity index (χ2v) is 4.95. The number of hydrogen-bond acceptors (Lipinski definition) is 2. The number of nitrogens with one attached hydrogen (secondary N) is 1. The van der Waals surface area contributed by atoms with Gasteiger partial charge in [-0.1, -0.05) is 20.8 Å². The fourth-order valence-electron chi connectivity index (χ4n) is 2.05. The summed E-state index contributed by atoms with van der Waals surface area (Å²) in [6.45, 7) is 11.0. The fourth-order valence-corrected chi connectivity index (χ4v) is 2.05. The monoisotopic (exact) mass is 223 g/mol. The maximum Gasteiger partial charge on any atom is 0.0951 e. The SMILES string of the molecule is CCCNCc1cncn1C(C)CC(C)C. The predicted molar refractivity (Wildman–Crippen MR) is 68.4 cm³/mol. The first kappa shape index (κ1) is 13.2. The average molecular weight is 223 g/mol. The van der Waals surface area contributed by atoms with Crippen LogP contribution in [-0.2, 0) is 6.54 Å². The second-order valence-electron chi connectivity index (χ2n) is 4.95. The summed E-state index contributed by atoms with van der Waals surface area (Å²) in [5.74, 6) is 0.730. The van der Waals surface area contributed by atoms with Crippen LogP contribution in [0, 0.1) is 5.92 Å². The van der Waals surface area contributed by atoms with Crippen molar-refractivity contribution in [3.63, 3.8) is 0 Å². The third-order valence-corrected chi connectivity index (χ3v) is 2.77. The third kappa shape index (κ3) is 3.97. The van der Waals surface area contributed by atoms with E-state index in [1.54, 1.807) is 0 Å². The highest BCUT2D eigenvalue weighted by molar-refractivity contribution is 4.99. The molecular weight excluding hydrogens is 198 g/mol. The summed E-state index contributed by atoms with van der Waals surface area (Å²) in [5, 5.41) is 3.43. The van der Waals surface area contributed by atoms with Crippen LogP contribution in [0.25, 0.3) is 0 Å². The minimum Gasteiger partial charge on any atom is -0.331 e. The van der Waals surface area contributed by atoms with E-state index in [-0.39, 0.29) is 0 Å². The van der Waals surface area contributed by atoms with Crippen molar-refractivity contribution in [1.82, 2.24) is 14.9 Å². The molecule has 1 heterocycles. The van der Waals surface area contributed by atoms with Crippen LogP contribution < -0.4 is 5.32 Å². The molecule has 1 atom stereocenters. The molecule has 1 aromatic rings. The lowest BCUT2D eigenvalue weighted by Gasteiger charge is -2.18. The first-order valence-electron chi connectivity index (χ1n) is 6.36. The van der Waals surface area contributed by atoms with Crippen LogP contribution in [0.15, 0.2) is 12.5 Å². The van der Waals surface area contributed by atoms with Gasteiger partial charge in [-0.2, -0.15) is 0 Å². The van der Waals surface area contributed by atoms with Crippen molar-refractivity contribution in [2.24, 2.45) is 5.92 Å². The summed E-state index contributed by atoms with van der Waals surface area (Å²) >= 11 is 0. The average Bonchev–Trinajstić information content (AvgIpc) is 2.65. The van der Waals surface area contributed by atoms with E-state index in [2.05, 4.69) is 42.6 Å². The molecule has 1 unspecified atom stereocenters. The summed E-state index contributed by atoms with van der Waals surface area (Å²) in [4.78, 5) is 4.25. The van der Waals surface area contributed by atoms with E-state index in [9.17, 15) is 0 Å². The molecule has 1 N–H and O–H groups in total. The van der Waals surface area contributed by atoms with Gasteiger partial charge in [0.05, 0.1) is 12.0 Å². The first-order chi connectivity index (χ1) is 7.65. The van der Waals surface area contributed by atoms with Gasteiger partial charge in [0, 0.05) is 18.8 Å². The summed E-state index contributed by atoms with van der Waals surface area (Å²) in [5.41, 5.74) is 1.29. The van der Waals surface area contributed by atoms with Crippen LogP contribution in [0.3, 0.4) is 0 Å². The summed E-state index contributed by atoms with van der Waals surface area (Å²) in [6.07, 6.45) is 6.31. The Hall–Kier alpha value is -0.830. The molecule has 0 bridgehead atoms. The molecule has 92 valence electrons. The molecule has 3 heteroatoms. The van der Waals surface area contributed by atoms with Crippen molar-refractivity contribution in [1.29, 1.82) is 0 Å². The smallest absolute Gasteiger partial charge is 0.0951 e. The van der Waals surface area contributed by atoms with Gasteiger partial charge in [0.1, 0.15) is 0 Å². The Bertz CT molecular complexity index is 291. The highest BCUT2D eigenvalue weighted by Crippen LogP contribution is 2.18. The van der Waals surface area contributed by atoms with Crippen LogP contribution in [0.2, 0.25) is 0 Å². The van der Waals surface area contributed by atoms with E-state index in [0.717, 1.165) is 19.0 Å². The van der Waals surface area contributed by atoms with Gasteiger partial charge < -0.3 is 9.88 Å². The minimum atomic E-state index is 0.543. The normalized spacial score (nSPS) is 13.3. The van der Waals surface area contributed by atoms with Crippen LogP contribution in [0.5, 0.6) is 0 Å². The lowest BCUT2D eigenvalue weighted by Crippen LogP contribution is -2.18. The standard InChI is InChI=1S/C13H25N3/c1-5-6-14-8-13-9-15-10-16(13)12(4)7-11(2)3/h9-12,14H,5-8H2,1-4H3. The number of aromatic nitrogens is 2. The van der Waals surface area contributed by atoms with Crippen molar-refractivity contribution in [3.05, 3.63) is 18.2 Å². The van der Waals surface area contributed by atoms with Gasteiger partial charge in [-0.15, -0.1) is 0 Å². The molecule has 16 heavy (non-hydrogen) atoms. The lowest BCUT2D eigenvalue weighted by atomic mass is 10.1. The number of imidazole rings is 1. The van der Waals surface area contributed by atoms with Crippen molar-refractivity contribution in [3.8, 4) is 0 Å². The second kappa shape index (κ2) is 6.69. The van der Waals surface area contributed by atoms with Crippen LogP contribution in [-0.4, -0.2) is 16.1 Å². The third-order valence-electron chi connectivity index (χ3n) is 2.77.